The average Bonchev–Trinajstić information content (AvgIpc) is 3.80. The number of benzene rings is 3. The summed E-state index contributed by atoms with van der Waals surface area (Å²) in [5, 5.41) is 9.34. The predicted molar refractivity (Wildman–Crippen MR) is 207 cm³/mol. The average molecular weight is 754 g/mol. The Labute approximate surface area is 317 Å². The van der Waals surface area contributed by atoms with Gasteiger partial charge in [0.2, 0.25) is 0 Å². The Morgan fingerprint density at radius 2 is 1.52 bits per heavy atom. The van der Waals surface area contributed by atoms with E-state index in [-0.39, 0.29) is 37.5 Å². The van der Waals surface area contributed by atoms with Gasteiger partial charge < -0.3 is 33.7 Å². The standard InChI is InChI=1S/C40H48N7O6P/c1-27(2)47(28(3)4)54(51-22-10-21-41)53-34-23-36(46-26-45-37-38(42)43-25-44-39(37)46)52-35(34)24-50-40(29-11-8-7-9-12-29,30-13-17-32(48-5)18-14-30)31-15-19-33(49-6)20-16-31/h7-9,11-20,25-28,34-36H,10,22-24H2,1-6H3,(H2,42,43,44)/t34-,35+,36-,54?/m0/s1. The van der Waals surface area contributed by atoms with Gasteiger partial charge in [0.05, 0.1) is 52.4 Å². The highest BCUT2D eigenvalue weighted by molar-refractivity contribution is 7.44. The van der Waals surface area contributed by atoms with Gasteiger partial charge in [-0.05, 0) is 68.7 Å². The molecule has 13 nitrogen and oxygen atoms in total. The fraction of sp³-hybridized carbons (Fsp3) is 0.400. The molecule has 0 aliphatic carbocycles. The molecule has 5 aromatic rings. The maximum Gasteiger partial charge on any atom is 0.259 e. The van der Waals surface area contributed by atoms with Gasteiger partial charge in [0, 0.05) is 18.5 Å². The van der Waals surface area contributed by atoms with Gasteiger partial charge in [0.1, 0.15) is 41.3 Å². The number of nitrogens with zero attached hydrogens (tertiary/aromatic N) is 6. The van der Waals surface area contributed by atoms with Crippen LogP contribution in [0.15, 0.2) is 91.5 Å². The van der Waals surface area contributed by atoms with Crippen molar-refractivity contribution in [2.75, 3.05) is 33.2 Å². The summed E-state index contributed by atoms with van der Waals surface area (Å²) >= 11 is 0. The number of nitrogens with two attached hydrogens (primary N) is 1. The van der Waals surface area contributed by atoms with Crippen LogP contribution in [0, 0.1) is 11.3 Å². The molecule has 2 N–H and O–H groups in total. The number of anilines is 1. The number of methoxy groups -OCH3 is 2. The van der Waals surface area contributed by atoms with Crippen LogP contribution in [0.2, 0.25) is 0 Å². The Kier molecular flexibility index (Phi) is 12.8. The molecule has 0 amide bonds. The van der Waals surface area contributed by atoms with Crippen LogP contribution >= 0.6 is 8.53 Å². The van der Waals surface area contributed by atoms with Crippen LogP contribution in [-0.4, -0.2) is 75.9 Å². The molecular formula is C40H48N7O6P. The summed E-state index contributed by atoms with van der Waals surface area (Å²) in [4.78, 5) is 13.1. The van der Waals surface area contributed by atoms with Crippen LogP contribution in [0.3, 0.4) is 0 Å². The summed E-state index contributed by atoms with van der Waals surface area (Å²) in [6, 6.07) is 28.4. The lowest BCUT2D eigenvalue weighted by Gasteiger charge is -2.39. The highest BCUT2D eigenvalue weighted by Gasteiger charge is 2.45. The fourth-order valence-corrected chi connectivity index (χ4v) is 8.66. The molecule has 1 unspecified atom stereocenters. The summed E-state index contributed by atoms with van der Waals surface area (Å²) in [6.07, 6.45) is 2.20. The number of aromatic nitrogens is 4. The summed E-state index contributed by atoms with van der Waals surface area (Å²) in [5.74, 6) is 1.75. The molecule has 0 bridgehead atoms. The van der Waals surface area contributed by atoms with E-state index in [0.29, 0.717) is 17.6 Å². The SMILES string of the molecule is COc1ccc(C(OC[C@H]2O[C@H](n3cnc4c(N)ncnc43)C[C@@H]2OP(OCCC#N)N(C(C)C)C(C)C)(c2ccccc2)c2ccc(OC)cc2)cc1. The molecular weight excluding hydrogens is 705 g/mol. The van der Waals surface area contributed by atoms with Gasteiger partial charge in [-0.25, -0.2) is 19.6 Å². The first-order chi connectivity index (χ1) is 26.2. The number of hydrogen-bond donors (Lipinski definition) is 1. The summed E-state index contributed by atoms with van der Waals surface area (Å²) < 4.78 is 42.7. The van der Waals surface area contributed by atoms with E-state index >= 15 is 0 Å². The molecule has 1 aliphatic heterocycles. The number of ether oxygens (including phenoxy) is 4. The first kappa shape index (κ1) is 39.0. The number of hydrogen-bond acceptors (Lipinski definition) is 12. The molecule has 0 radical (unpaired) electrons. The second-order valence-electron chi connectivity index (χ2n) is 13.5. The van der Waals surface area contributed by atoms with Crippen molar-refractivity contribution in [3.63, 3.8) is 0 Å². The molecule has 6 rings (SSSR count). The first-order valence-electron chi connectivity index (χ1n) is 18.0. The van der Waals surface area contributed by atoms with Crippen molar-refractivity contribution in [1.82, 2.24) is 24.2 Å². The topological polar surface area (TPSA) is 152 Å². The smallest absolute Gasteiger partial charge is 0.259 e. The van der Waals surface area contributed by atoms with Crippen LogP contribution < -0.4 is 15.2 Å². The Morgan fingerprint density at radius 3 is 2.09 bits per heavy atom. The summed E-state index contributed by atoms with van der Waals surface area (Å²) in [5.41, 5.74) is 8.85. The van der Waals surface area contributed by atoms with Crippen molar-refractivity contribution < 1.29 is 28.0 Å². The van der Waals surface area contributed by atoms with Crippen molar-refractivity contribution in [3.8, 4) is 17.6 Å². The Balaban J connectivity index is 1.43. The van der Waals surface area contributed by atoms with Crippen molar-refractivity contribution in [2.24, 2.45) is 0 Å². The minimum absolute atomic E-state index is 0.110. The van der Waals surface area contributed by atoms with E-state index in [1.165, 1.54) is 6.33 Å². The zero-order valence-corrected chi connectivity index (χ0v) is 32.4. The van der Waals surface area contributed by atoms with Gasteiger partial charge in [-0.2, -0.15) is 5.26 Å². The molecule has 1 fully saturated rings. The van der Waals surface area contributed by atoms with E-state index < -0.39 is 32.6 Å². The number of imidazole rings is 1. The number of rotatable bonds is 17. The van der Waals surface area contributed by atoms with Gasteiger partial charge >= 0.3 is 0 Å². The molecule has 1 saturated heterocycles. The van der Waals surface area contributed by atoms with E-state index in [1.54, 1.807) is 20.5 Å². The third-order valence-corrected chi connectivity index (χ3v) is 11.6. The van der Waals surface area contributed by atoms with Crippen LogP contribution in [0.4, 0.5) is 5.82 Å². The zero-order valence-electron chi connectivity index (χ0n) is 31.5. The van der Waals surface area contributed by atoms with Gasteiger partial charge in [0.25, 0.3) is 8.53 Å². The molecule has 14 heteroatoms. The molecule has 1 aliphatic rings. The minimum Gasteiger partial charge on any atom is -0.497 e. The fourth-order valence-electron chi connectivity index (χ4n) is 6.90. The summed E-state index contributed by atoms with van der Waals surface area (Å²) in [7, 11) is 1.70. The van der Waals surface area contributed by atoms with Crippen LogP contribution in [0.1, 0.15) is 63.5 Å². The van der Waals surface area contributed by atoms with Crippen LogP contribution in [0.25, 0.3) is 11.2 Å². The molecule has 0 spiro atoms. The van der Waals surface area contributed by atoms with Crippen molar-refractivity contribution in [3.05, 3.63) is 108 Å². The molecule has 3 aromatic carbocycles. The van der Waals surface area contributed by atoms with Crippen molar-refractivity contribution >= 4 is 25.5 Å². The van der Waals surface area contributed by atoms with Gasteiger partial charge in [-0.3, -0.25) is 4.57 Å². The van der Waals surface area contributed by atoms with E-state index in [2.05, 4.69) is 65.5 Å². The monoisotopic (exact) mass is 753 g/mol. The third-order valence-electron chi connectivity index (χ3n) is 9.40. The largest absolute Gasteiger partial charge is 0.497 e. The van der Waals surface area contributed by atoms with Gasteiger partial charge in [0.15, 0.2) is 11.5 Å². The third kappa shape index (κ3) is 8.20. The quantitative estimate of drug-likeness (QED) is 0.0573. The van der Waals surface area contributed by atoms with E-state index in [4.69, 9.17) is 33.7 Å². The molecule has 284 valence electrons. The first-order valence-corrected chi connectivity index (χ1v) is 19.1. The van der Waals surface area contributed by atoms with Crippen LogP contribution in [-0.2, 0) is 24.1 Å². The summed E-state index contributed by atoms with van der Waals surface area (Å²) in [6.45, 7) is 8.82. The minimum atomic E-state index is -1.60. The number of nitriles is 1. The Hall–Kier alpha value is -4.67. The van der Waals surface area contributed by atoms with E-state index in [1.807, 2.05) is 71.3 Å². The second kappa shape index (κ2) is 17.6. The predicted octanol–water partition coefficient (Wildman–Crippen LogP) is 7.38. The normalized spacial score (nSPS) is 18.0. The maximum atomic E-state index is 9.34. The van der Waals surface area contributed by atoms with E-state index in [0.717, 1.165) is 28.2 Å². The second-order valence-corrected chi connectivity index (χ2v) is 14.9. The van der Waals surface area contributed by atoms with Gasteiger partial charge in [-0.15, -0.1) is 0 Å². The molecule has 54 heavy (non-hydrogen) atoms. The van der Waals surface area contributed by atoms with Crippen molar-refractivity contribution in [2.45, 2.75) is 76.7 Å². The van der Waals surface area contributed by atoms with Crippen molar-refractivity contribution in [1.29, 1.82) is 5.26 Å². The highest BCUT2D eigenvalue weighted by atomic mass is 31.2. The van der Waals surface area contributed by atoms with E-state index in [9.17, 15) is 5.26 Å². The molecule has 0 saturated carbocycles. The lowest BCUT2D eigenvalue weighted by molar-refractivity contribution is -0.0912. The number of fused-ring (bicyclic) bond motifs is 1. The Morgan fingerprint density at radius 1 is 0.907 bits per heavy atom. The van der Waals surface area contributed by atoms with Crippen LogP contribution in [0.5, 0.6) is 11.5 Å². The molecule has 2 aromatic heterocycles. The number of nitrogen functional groups attached to an aromatic ring is 1. The maximum absolute atomic E-state index is 9.34. The zero-order chi connectivity index (χ0) is 38.2. The van der Waals surface area contributed by atoms with Gasteiger partial charge in [-0.1, -0.05) is 54.6 Å². The molecule has 3 heterocycles. The lowest BCUT2D eigenvalue weighted by atomic mass is 9.80. The Bertz CT molecular complexity index is 1930. The molecule has 4 atom stereocenters. The lowest BCUT2D eigenvalue weighted by Crippen LogP contribution is -2.39. The highest BCUT2D eigenvalue weighted by Crippen LogP contribution is 2.51.